The van der Waals surface area contributed by atoms with E-state index in [0.717, 1.165) is 57.0 Å². The molecule has 1 saturated heterocycles. The van der Waals surface area contributed by atoms with Crippen LogP contribution >= 0.6 is 24.0 Å². The lowest BCUT2D eigenvalue weighted by Crippen LogP contribution is -2.53. The molecule has 1 atom stereocenters. The summed E-state index contributed by atoms with van der Waals surface area (Å²) < 4.78 is 7.53. The molecule has 0 aromatic carbocycles. The van der Waals surface area contributed by atoms with Gasteiger partial charge in [-0.25, -0.2) is 4.99 Å². The Balaban J connectivity index is 0.00000392. The third-order valence-corrected chi connectivity index (χ3v) is 5.49. The van der Waals surface area contributed by atoms with Crippen LogP contribution in [0.1, 0.15) is 45.3 Å². The number of aryl methyl sites for hydroxylation is 1. The highest BCUT2D eigenvalue weighted by Gasteiger charge is 2.27. The second-order valence-corrected chi connectivity index (χ2v) is 7.09. The van der Waals surface area contributed by atoms with Gasteiger partial charge in [0.1, 0.15) is 12.4 Å². The molecule has 162 valence electrons. The molecule has 0 amide bonds. The zero-order valence-electron chi connectivity index (χ0n) is 18.1. The Bertz CT molecular complexity index is 583. The van der Waals surface area contributed by atoms with Crippen LogP contribution in [-0.2, 0) is 18.3 Å². The van der Waals surface area contributed by atoms with Crippen LogP contribution in [-0.4, -0.2) is 71.1 Å². The molecule has 8 nitrogen and oxygen atoms in total. The lowest BCUT2D eigenvalue weighted by atomic mass is 9.92. The number of hydrogen-bond donors (Lipinski definition) is 2. The predicted molar refractivity (Wildman–Crippen MR) is 124 cm³/mol. The SMILES string of the molecule is CCNC(=NCc1nnc(C)n1C)NCC(C(CC)CC)N1CCOCC1.I. The average molecular weight is 507 g/mol. The smallest absolute Gasteiger partial charge is 0.191 e. The predicted octanol–water partition coefficient (Wildman–Crippen LogP) is 1.93. The number of rotatable bonds is 9. The molecule has 9 heteroatoms. The second kappa shape index (κ2) is 13.3. The first-order valence-corrected chi connectivity index (χ1v) is 10.3. The van der Waals surface area contributed by atoms with Crippen molar-refractivity contribution in [2.24, 2.45) is 18.0 Å². The topological polar surface area (TPSA) is 79.6 Å². The van der Waals surface area contributed by atoms with E-state index in [9.17, 15) is 0 Å². The van der Waals surface area contributed by atoms with E-state index in [1.165, 1.54) is 12.8 Å². The highest BCUT2D eigenvalue weighted by atomic mass is 127. The maximum Gasteiger partial charge on any atom is 0.191 e. The van der Waals surface area contributed by atoms with Crippen LogP contribution in [0.2, 0.25) is 0 Å². The van der Waals surface area contributed by atoms with Crippen molar-refractivity contribution in [3.63, 3.8) is 0 Å². The summed E-state index contributed by atoms with van der Waals surface area (Å²) in [5, 5.41) is 15.2. The van der Waals surface area contributed by atoms with Gasteiger partial charge in [0.25, 0.3) is 0 Å². The molecular weight excluding hydrogens is 469 g/mol. The van der Waals surface area contributed by atoms with Gasteiger partial charge in [-0.1, -0.05) is 26.7 Å². The number of nitrogens with one attached hydrogen (secondary N) is 2. The molecule has 0 bridgehead atoms. The lowest BCUT2D eigenvalue weighted by Gasteiger charge is -2.39. The lowest BCUT2D eigenvalue weighted by molar-refractivity contribution is 0.00272. The number of ether oxygens (including phenoxy) is 1. The van der Waals surface area contributed by atoms with Gasteiger partial charge < -0.3 is 19.9 Å². The summed E-state index contributed by atoms with van der Waals surface area (Å²) in [5.41, 5.74) is 0. The van der Waals surface area contributed by atoms with Gasteiger partial charge in [0.2, 0.25) is 0 Å². The van der Waals surface area contributed by atoms with Crippen LogP contribution in [0, 0.1) is 12.8 Å². The van der Waals surface area contributed by atoms with Crippen LogP contribution in [0.25, 0.3) is 0 Å². The van der Waals surface area contributed by atoms with Gasteiger partial charge in [-0.15, -0.1) is 34.2 Å². The summed E-state index contributed by atoms with van der Waals surface area (Å²) in [4.78, 5) is 7.29. The minimum absolute atomic E-state index is 0. The molecule has 2 N–H and O–H groups in total. The van der Waals surface area contributed by atoms with E-state index < -0.39 is 0 Å². The van der Waals surface area contributed by atoms with E-state index >= 15 is 0 Å². The van der Waals surface area contributed by atoms with E-state index in [2.05, 4.69) is 46.5 Å². The zero-order chi connectivity index (χ0) is 19.6. The molecule has 0 spiro atoms. The van der Waals surface area contributed by atoms with Crippen molar-refractivity contribution in [1.82, 2.24) is 30.3 Å². The Morgan fingerprint density at radius 3 is 2.36 bits per heavy atom. The fraction of sp³-hybridized carbons (Fsp3) is 0.842. The van der Waals surface area contributed by atoms with Gasteiger partial charge in [0, 0.05) is 39.3 Å². The first-order valence-electron chi connectivity index (χ1n) is 10.3. The van der Waals surface area contributed by atoms with Crippen LogP contribution in [0.15, 0.2) is 4.99 Å². The molecule has 1 aliphatic rings. The van der Waals surface area contributed by atoms with Crippen molar-refractivity contribution in [2.75, 3.05) is 39.4 Å². The maximum atomic E-state index is 5.55. The number of morpholine rings is 1. The molecule has 0 radical (unpaired) electrons. The van der Waals surface area contributed by atoms with Crippen LogP contribution in [0.5, 0.6) is 0 Å². The number of aliphatic imine (C=N–C) groups is 1. The van der Waals surface area contributed by atoms with Crippen molar-refractivity contribution in [3.05, 3.63) is 11.6 Å². The Hall–Kier alpha value is -0.940. The molecule has 2 rings (SSSR count). The monoisotopic (exact) mass is 507 g/mol. The number of hydrogen-bond acceptors (Lipinski definition) is 5. The fourth-order valence-corrected chi connectivity index (χ4v) is 3.62. The summed E-state index contributed by atoms with van der Waals surface area (Å²) in [6.07, 6.45) is 2.37. The number of guanidine groups is 1. The van der Waals surface area contributed by atoms with Crippen molar-refractivity contribution < 1.29 is 4.74 Å². The van der Waals surface area contributed by atoms with Gasteiger partial charge in [0.15, 0.2) is 11.8 Å². The molecule has 0 saturated carbocycles. The summed E-state index contributed by atoms with van der Waals surface area (Å²) in [7, 11) is 1.97. The number of aromatic nitrogens is 3. The first kappa shape index (κ1) is 25.1. The molecule has 28 heavy (non-hydrogen) atoms. The van der Waals surface area contributed by atoms with Gasteiger partial charge in [0.05, 0.1) is 13.2 Å². The first-order chi connectivity index (χ1) is 13.1. The standard InChI is InChI=1S/C19H37N7O.HI/c1-6-16(7-2)17(26-9-11-27-12-10-26)13-21-19(20-8-3)22-14-18-24-23-15(4)25(18)5;/h16-17H,6-14H2,1-5H3,(H2,20,21,22);1H. The summed E-state index contributed by atoms with van der Waals surface area (Å²) >= 11 is 0. The van der Waals surface area contributed by atoms with Crippen LogP contribution in [0.3, 0.4) is 0 Å². The molecule has 2 heterocycles. The van der Waals surface area contributed by atoms with E-state index in [-0.39, 0.29) is 24.0 Å². The zero-order valence-corrected chi connectivity index (χ0v) is 20.4. The van der Waals surface area contributed by atoms with Crippen molar-refractivity contribution in [3.8, 4) is 0 Å². The molecule has 1 aromatic rings. The van der Waals surface area contributed by atoms with Gasteiger partial charge >= 0.3 is 0 Å². The van der Waals surface area contributed by atoms with E-state index in [4.69, 9.17) is 9.73 Å². The maximum absolute atomic E-state index is 5.55. The summed E-state index contributed by atoms with van der Waals surface area (Å²) in [6.45, 7) is 14.5. The largest absolute Gasteiger partial charge is 0.379 e. The Labute approximate surface area is 186 Å². The molecule has 1 unspecified atom stereocenters. The van der Waals surface area contributed by atoms with E-state index in [1.807, 2.05) is 18.5 Å². The average Bonchev–Trinajstić information content (AvgIpc) is 3.01. The third-order valence-electron chi connectivity index (χ3n) is 5.49. The Morgan fingerprint density at radius 1 is 1.14 bits per heavy atom. The van der Waals surface area contributed by atoms with Crippen LogP contribution in [0.4, 0.5) is 0 Å². The normalized spacial score (nSPS) is 16.7. The number of nitrogens with zero attached hydrogens (tertiary/aromatic N) is 5. The Kier molecular flexibility index (Phi) is 11.9. The molecular formula is C19H38IN7O. The third kappa shape index (κ3) is 7.14. The van der Waals surface area contributed by atoms with E-state index in [1.54, 1.807) is 0 Å². The highest BCUT2D eigenvalue weighted by molar-refractivity contribution is 14.0. The van der Waals surface area contributed by atoms with Crippen molar-refractivity contribution >= 4 is 29.9 Å². The van der Waals surface area contributed by atoms with E-state index in [0.29, 0.717) is 18.5 Å². The van der Waals surface area contributed by atoms with Crippen molar-refractivity contribution in [2.45, 2.75) is 53.1 Å². The second-order valence-electron chi connectivity index (χ2n) is 7.09. The minimum Gasteiger partial charge on any atom is -0.379 e. The quantitative estimate of drug-likeness (QED) is 0.302. The summed E-state index contributed by atoms with van der Waals surface area (Å²) in [5.74, 6) is 3.27. The highest BCUT2D eigenvalue weighted by Crippen LogP contribution is 2.19. The van der Waals surface area contributed by atoms with Gasteiger partial charge in [-0.3, -0.25) is 4.90 Å². The Morgan fingerprint density at radius 2 is 1.82 bits per heavy atom. The van der Waals surface area contributed by atoms with Crippen molar-refractivity contribution in [1.29, 1.82) is 0 Å². The molecule has 1 aliphatic heterocycles. The van der Waals surface area contributed by atoms with Gasteiger partial charge in [-0.05, 0) is 19.8 Å². The van der Waals surface area contributed by atoms with Gasteiger partial charge in [-0.2, -0.15) is 0 Å². The minimum atomic E-state index is 0. The summed E-state index contributed by atoms with van der Waals surface area (Å²) in [6, 6.07) is 0.491. The number of halogens is 1. The molecule has 0 aliphatic carbocycles. The fourth-order valence-electron chi connectivity index (χ4n) is 3.62. The molecule has 1 aromatic heterocycles. The molecule has 1 fully saturated rings. The van der Waals surface area contributed by atoms with Crippen LogP contribution < -0.4 is 10.6 Å².